The number of nitrogens with two attached hydrogens (primary N) is 1. The molecule has 0 aliphatic carbocycles. The molecule has 0 aromatic heterocycles. The predicted octanol–water partition coefficient (Wildman–Crippen LogP) is 0.709. The largest absolute Gasteiger partial charge is 0.459 e. The third kappa shape index (κ3) is 8.64. The van der Waals surface area contributed by atoms with Crippen LogP contribution in [0.3, 0.4) is 0 Å². The predicted molar refractivity (Wildman–Crippen MR) is 61.1 cm³/mol. The Morgan fingerprint density at radius 1 is 1.25 bits per heavy atom. The van der Waals surface area contributed by atoms with Crippen molar-refractivity contribution in [3.8, 4) is 0 Å². The second-order valence-electron chi connectivity index (χ2n) is 4.53. The summed E-state index contributed by atoms with van der Waals surface area (Å²) in [6.07, 6.45) is 0.457. The molecule has 96 valence electrons. The van der Waals surface area contributed by atoms with Crippen molar-refractivity contribution in [3.63, 3.8) is 0 Å². The van der Waals surface area contributed by atoms with E-state index in [9.17, 15) is 4.79 Å². The van der Waals surface area contributed by atoms with E-state index >= 15 is 0 Å². The van der Waals surface area contributed by atoms with Crippen molar-refractivity contribution in [2.24, 2.45) is 5.73 Å². The second kappa shape index (κ2) is 7.60. The van der Waals surface area contributed by atoms with Crippen molar-refractivity contribution < 1.29 is 19.0 Å². The smallest absolute Gasteiger partial charge is 0.323 e. The normalized spacial score (nSPS) is 13.6. The summed E-state index contributed by atoms with van der Waals surface area (Å²) in [7, 11) is 1.61. The van der Waals surface area contributed by atoms with E-state index in [0.29, 0.717) is 26.2 Å². The molecule has 16 heavy (non-hydrogen) atoms. The summed E-state index contributed by atoms with van der Waals surface area (Å²) in [4.78, 5) is 11.5. The van der Waals surface area contributed by atoms with Crippen LogP contribution < -0.4 is 5.73 Å². The van der Waals surface area contributed by atoms with E-state index < -0.39 is 11.6 Å². The topological polar surface area (TPSA) is 70.8 Å². The molecule has 0 saturated carbocycles. The lowest BCUT2D eigenvalue weighted by atomic mass is 10.2. The van der Waals surface area contributed by atoms with Crippen LogP contribution in [0.25, 0.3) is 0 Å². The highest BCUT2D eigenvalue weighted by atomic mass is 16.6. The average molecular weight is 233 g/mol. The Hall–Kier alpha value is -0.650. The average Bonchev–Trinajstić information content (AvgIpc) is 2.14. The lowest BCUT2D eigenvalue weighted by molar-refractivity contribution is -0.156. The Balaban J connectivity index is 3.64. The van der Waals surface area contributed by atoms with Gasteiger partial charge in [0.05, 0.1) is 13.2 Å². The van der Waals surface area contributed by atoms with Crippen molar-refractivity contribution in [1.29, 1.82) is 0 Å². The van der Waals surface area contributed by atoms with Gasteiger partial charge in [0.15, 0.2) is 0 Å². The Bertz CT molecular complexity index is 201. The third-order valence-corrected chi connectivity index (χ3v) is 1.71. The van der Waals surface area contributed by atoms with Gasteiger partial charge in [-0.1, -0.05) is 0 Å². The lowest BCUT2D eigenvalue weighted by Crippen LogP contribution is -2.38. The van der Waals surface area contributed by atoms with Crippen LogP contribution in [-0.4, -0.2) is 44.5 Å². The Morgan fingerprint density at radius 2 is 1.88 bits per heavy atom. The van der Waals surface area contributed by atoms with Gasteiger partial charge >= 0.3 is 5.97 Å². The highest BCUT2D eigenvalue weighted by Gasteiger charge is 2.21. The maximum absolute atomic E-state index is 11.5. The van der Waals surface area contributed by atoms with E-state index in [2.05, 4.69) is 0 Å². The third-order valence-electron chi connectivity index (χ3n) is 1.71. The molecule has 1 unspecified atom stereocenters. The van der Waals surface area contributed by atoms with Gasteiger partial charge in [-0.3, -0.25) is 4.79 Å². The Morgan fingerprint density at radius 3 is 2.38 bits per heavy atom. The number of rotatable bonds is 7. The van der Waals surface area contributed by atoms with Gasteiger partial charge < -0.3 is 19.9 Å². The first-order valence-corrected chi connectivity index (χ1v) is 5.42. The quantitative estimate of drug-likeness (QED) is 0.518. The monoisotopic (exact) mass is 233 g/mol. The summed E-state index contributed by atoms with van der Waals surface area (Å²) in [5, 5.41) is 0. The molecule has 2 N–H and O–H groups in total. The molecule has 0 heterocycles. The molecule has 0 fully saturated rings. The van der Waals surface area contributed by atoms with Crippen molar-refractivity contribution in [1.82, 2.24) is 0 Å². The summed E-state index contributed by atoms with van der Waals surface area (Å²) in [5.41, 5.74) is 5.16. The number of esters is 1. The van der Waals surface area contributed by atoms with Crippen LogP contribution in [-0.2, 0) is 19.0 Å². The molecule has 0 aromatic carbocycles. The first kappa shape index (κ1) is 15.3. The molecule has 0 saturated heterocycles. The van der Waals surface area contributed by atoms with Gasteiger partial charge in [0.25, 0.3) is 0 Å². The highest BCUT2D eigenvalue weighted by molar-refractivity contribution is 5.75. The van der Waals surface area contributed by atoms with E-state index in [-0.39, 0.29) is 5.97 Å². The van der Waals surface area contributed by atoms with Gasteiger partial charge in [-0.05, 0) is 27.2 Å². The Kier molecular flexibility index (Phi) is 7.29. The molecule has 5 heteroatoms. The van der Waals surface area contributed by atoms with E-state index in [0.717, 1.165) is 0 Å². The van der Waals surface area contributed by atoms with Crippen LogP contribution >= 0.6 is 0 Å². The van der Waals surface area contributed by atoms with E-state index in [1.54, 1.807) is 7.11 Å². The molecule has 1 atom stereocenters. The summed E-state index contributed by atoms with van der Waals surface area (Å²) < 4.78 is 15.2. The summed E-state index contributed by atoms with van der Waals surface area (Å²) in [6.45, 7) is 6.93. The fourth-order valence-electron chi connectivity index (χ4n) is 0.950. The molecular weight excluding hydrogens is 210 g/mol. The van der Waals surface area contributed by atoms with Crippen LogP contribution in [0.15, 0.2) is 0 Å². The van der Waals surface area contributed by atoms with Gasteiger partial charge in [0.1, 0.15) is 11.6 Å². The first-order chi connectivity index (χ1) is 7.37. The molecule has 0 aromatic rings. The molecule has 5 nitrogen and oxygen atoms in total. The summed E-state index contributed by atoms with van der Waals surface area (Å²) in [5.74, 6) is -0.386. The van der Waals surface area contributed by atoms with Crippen LogP contribution in [0.1, 0.15) is 27.2 Å². The maximum atomic E-state index is 11.5. The molecule has 0 spiro atoms. The minimum atomic E-state index is -0.623. The second-order valence-corrected chi connectivity index (χ2v) is 4.53. The zero-order chi connectivity index (χ0) is 12.6. The van der Waals surface area contributed by atoms with Crippen LogP contribution in [0, 0.1) is 0 Å². The van der Waals surface area contributed by atoms with Gasteiger partial charge in [-0.15, -0.1) is 0 Å². The summed E-state index contributed by atoms with van der Waals surface area (Å²) >= 11 is 0. The fourth-order valence-corrected chi connectivity index (χ4v) is 0.950. The summed E-state index contributed by atoms with van der Waals surface area (Å²) in [6, 6.07) is -0.623. The molecular formula is C11H23NO4. The maximum Gasteiger partial charge on any atom is 0.323 e. The number of hydrogen-bond acceptors (Lipinski definition) is 5. The van der Waals surface area contributed by atoms with Crippen molar-refractivity contribution >= 4 is 5.97 Å². The highest BCUT2D eigenvalue weighted by Crippen LogP contribution is 2.08. The standard InChI is InChI=1S/C11H23NO4/c1-11(2,3)16-10(13)9(12)5-6-15-8-7-14-4/h9H,5-8,12H2,1-4H3. The first-order valence-electron chi connectivity index (χ1n) is 5.42. The van der Waals surface area contributed by atoms with Crippen molar-refractivity contribution in [2.45, 2.75) is 38.8 Å². The lowest BCUT2D eigenvalue weighted by Gasteiger charge is -2.22. The SMILES string of the molecule is COCCOCCC(N)C(=O)OC(C)(C)C. The van der Waals surface area contributed by atoms with Crippen molar-refractivity contribution in [2.75, 3.05) is 26.9 Å². The van der Waals surface area contributed by atoms with Crippen LogP contribution in [0.4, 0.5) is 0 Å². The van der Waals surface area contributed by atoms with Crippen molar-refractivity contribution in [3.05, 3.63) is 0 Å². The molecule has 0 radical (unpaired) electrons. The number of methoxy groups -OCH3 is 1. The van der Waals surface area contributed by atoms with Gasteiger partial charge in [-0.25, -0.2) is 0 Å². The van der Waals surface area contributed by atoms with Crippen LogP contribution in [0.5, 0.6) is 0 Å². The van der Waals surface area contributed by atoms with Gasteiger partial charge in [0, 0.05) is 13.7 Å². The Labute approximate surface area is 97.2 Å². The molecule has 0 rings (SSSR count). The fraction of sp³-hybridized carbons (Fsp3) is 0.909. The van der Waals surface area contributed by atoms with Crippen LogP contribution in [0.2, 0.25) is 0 Å². The minimum absolute atomic E-state index is 0.386. The number of ether oxygens (including phenoxy) is 3. The van der Waals surface area contributed by atoms with E-state index in [4.69, 9.17) is 19.9 Å². The minimum Gasteiger partial charge on any atom is -0.459 e. The molecule has 0 aliphatic heterocycles. The van der Waals surface area contributed by atoms with Gasteiger partial charge in [0.2, 0.25) is 0 Å². The van der Waals surface area contributed by atoms with Gasteiger partial charge in [-0.2, -0.15) is 0 Å². The van der Waals surface area contributed by atoms with E-state index in [1.807, 2.05) is 20.8 Å². The number of carbonyl (C=O) groups excluding carboxylic acids is 1. The number of hydrogen-bond donors (Lipinski definition) is 1. The number of carbonyl (C=O) groups is 1. The molecule has 0 amide bonds. The zero-order valence-electron chi connectivity index (χ0n) is 10.6. The molecule has 0 aliphatic rings. The van der Waals surface area contributed by atoms with E-state index in [1.165, 1.54) is 0 Å². The molecule has 0 bridgehead atoms. The zero-order valence-corrected chi connectivity index (χ0v) is 10.6.